The van der Waals surface area contributed by atoms with E-state index in [0.29, 0.717) is 31.7 Å². The Morgan fingerprint density at radius 2 is 1.75 bits per heavy atom. The van der Waals surface area contributed by atoms with Crippen molar-refractivity contribution >= 4 is 11.8 Å². The van der Waals surface area contributed by atoms with Crippen molar-refractivity contribution in [2.24, 2.45) is 5.92 Å². The van der Waals surface area contributed by atoms with Crippen molar-refractivity contribution in [3.05, 3.63) is 0 Å². The lowest BCUT2D eigenvalue weighted by Gasteiger charge is -2.36. The van der Waals surface area contributed by atoms with Crippen LogP contribution < -0.4 is 5.32 Å². The second-order valence-corrected chi connectivity index (χ2v) is 6.41. The zero-order valence-corrected chi connectivity index (χ0v) is 13.7. The Kier molecular flexibility index (Phi) is 6.03. The van der Waals surface area contributed by atoms with Crippen LogP contribution in [0.15, 0.2) is 0 Å². The van der Waals surface area contributed by atoms with E-state index in [2.05, 4.69) is 26.1 Å². The molecule has 116 valence electrons. The van der Waals surface area contributed by atoms with Crippen molar-refractivity contribution in [3.8, 4) is 0 Å². The third-order valence-corrected chi connectivity index (χ3v) is 4.53. The van der Waals surface area contributed by atoms with Gasteiger partial charge in [0.2, 0.25) is 11.8 Å². The van der Waals surface area contributed by atoms with Crippen molar-refractivity contribution in [1.82, 2.24) is 10.2 Å². The standard InChI is InChI=1S/C16H30N2O2/c1-6-16(7-2)15(20)18(11-10-14(19)17-16)13(5)9-8-12(3)4/h12-13H,6-11H2,1-5H3,(H,17,19). The summed E-state index contributed by atoms with van der Waals surface area (Å²) < 4.78 is 0. The molecule has 1 fully saturated rings. The van der Waals surface area contributed by atoms with Crippen molar-refractivity contribution < 1.29 is 9.59 Å². The smallest absolute Gasteiger partial charge is 0.248 e. The monoisotopic (exact) mass is 282 g/mol. The van der Waals surface area contributed by atoms with Crippen LogP contribution in [0.3, 0.4) is 0 Å². The number of hydrogen-bond acceptors (Lipinski definition) is 2. The first-order chi connectivity index (χ1) is 9.36. The van der Waals surface area contributed by atoms with E-state index in [1.807, 2.05) is 18.7 Å². The van der Waals surface area contributed by atoms with Crippen molar-refractivity contribution in [1.29, 1.82) is 0 Å². The number of hydrogen-bond donors (Lipinski definition) is 1. The summed E-state index contributed by atoms with van der Waals surface area (Å²) in [7, 11) is 0. The highest BCUT2D eigenvalue weighted by Crippen LogP contribution is 2.24. The predicted molar refractivity (Wildman–Crippen MR) is 81.3 cm³/mol. The molecule has 1 N–H and O–H groups in total. The van der Waals surface area contributed by atoms with Crippen molar-refractivity contribution in [2.75, 3.05) is 6.54 Å². The lowest BCUT2D eigenvalue weighted by molar-refractivity contribution is -0.141. The summed E-state index contributed by atoms with van der Waals surface area (Å²) in [6, 6.07) is 0.204. The summed E-state index contributed by atoms with van der Waals surface area (Å²) in [5, 5.41) is 2.96. The van der Waals surface area contributed by atoms with Gasteiger partial charge in [-0.15, -0.1) is 0 Å². The van der Waals surface area contributed by atoms with Gasteiger partial charge in [0.1, 0.15) is 5.54 Å². The molecule has 1 saturated heterocycles. The summed E-state index contributed by atoms with van der Waals surface area (Å²) in [5.74, 6) is 0.742. The molecule has 0 aromatic carbocycles. The minimum absolute atomic E-state index is 0.000564. The normalized spacial score (nSPS) is 20.8. The van der Waals surface area contributed by atoms with Crippen LogP contribution in [-0.4, -0.2) is 34.8 Å². The first-order valence-electron chi connectivity index (χ1n) is 7.98. The lowest BCUT2D eigenvalue weighted by atomic mass is 9.90. The SMILES string of the molecule is CCC1(CC)NC(=O)CCN(C(C)CCC(C)C)C1=O. The average molecular weight is 282 g/mol. The fraction of sp³-hybridized carbons (Fsp3) is 0.875. The van der Waals surface area contributed by atoms with E-state index in [1.54, 1.807) is 0 Å². The van der Waals surface area contributed by atoms with Gasteiger partial charge in [0.15, 0.2) is 0 Å². The van der Waals surface area contributed by atoms with Crippen LogP contribution in [0, 0.1) is 5.92 Å². The van der Waals surface area contributed by atoms with E-state index < -0.39 is 5.54 Å². The van der Waals surface area contributed by atoms with Crippen LogP contribution in [0.1, 0.15) is 66.7 Å². The summed E-state index contributed by atoms with van der Waals surface area (Å²) in [5.41, 5.74) is -0.695. The molecule has 0 aromatic rings. The summed E-state index contributed by atoms with van der Waals surface area (Å²) >= 11 is 0. The highest BCUT2D eigenvalue weighted by Gasteiger charge is 2.42. The largest absolute Gasteiger partial charge is 0.342 e. The van der Waals surface area contributed by atoms with Gasteiger partial charge in [0, 0.05) is 19.0 Å². The van der Waals surface area contributed by atoms with E-state index in [9.17, 15) is 9.59 Å². The number of nitrogens with one attached hydrogen (secondary N) is 1. The molecular formula is C16H30N2O2. The number of nitrogens with zero attached hydrogens (tertiary/aromatic N) is 1. The van der Waals surface area contributed by atoms with Gasteiger partial charge in [-0.3, -0.25) is 9.59 Å². The molecule has 1 aliphatic rings. The fourth-order valence-corrected chi connectivity index (χ4v) is 2.86. The van der Waals surface area contributed by atoms with E-state index in [1.165, 1.54) is 0 Å². The van der Waals surface area contributed by atoms with E-state index >= 15 is 0 Å². The maximum absolute atomic E-state index is 12.9. The second kappa shape index (κ2) is 7.09. The van der Waals surface area contributed by atoms with Crippen LogP contribution in [0.2, 0.25) is 0 Å². The van der Waals surface area contributed by atoms with Crippen molar-refractivity contribution in [2.45, 2.75) is 78.3 Å². The Hall–Kier alpha value is -1.06. The predicted octanol–water partition coefficient (Wildman–Crippen LogP) is 2.72. The summed E-state index contributed by atoms with van der Waals surface area (Å²) in [4.78, 5) is 26.7. The molecule has 0 aromatic heterocycles. The molecular weight excluding hydrogens is 252 g/mol. The van der Waals surface area contributed by atoms with E-state index in [0.717, 1.165) is 12.8 Å². The number of carbonyl (C=O) groups excluding carboxylic acids is 2. The molecule has 0 saturated carbocycles. The average Bonchev–Trinajstić information content (AvgIpc) is 2.54. The maximum atomic E-state index is 12.9. The molecule has 1 rings (SSSR count). The molecule has 1 aliphatic heterocycles. The first kappa shape index (κ1) is 17.0. The Morgan fingerprint density at radius 3 is 2.25 bits per heavy atom. The van der Waals surface area contributed by atoms with Crippen LogP contribution in [0.25, 0.3) is 0 Å². The maximum Gasteiger partial charge on any atom is 0.248 e. The van der Waals surface area contributed by atoms with Gasteiger partial charge in [-0.25, -0.2) is 0 Å². The Balaban J connectivity index is 2.89. The number of carbonyl (C=O) groups is 2. The molecule has 20 heavy (non-hydrogen) atoms. The Morgan fingerprint density at radius 1 is 1.15 bits per heavy atom. The van der Waals surface area contributed by atoms with Gasteiger partial charge in [-0.05, 0) is 38.5 Å². The zero-order valence-electron chi connectivity index (χ0n) is 13.7. The summed E-state index contributed by atoms with van der Waals surface area (Å²) in [6.45, 7) is 11.0. The molecule has 4 heteroatoms. The second-order valence-electron chi connectivity index (χ2n) is 6.41. The fourth-order valence-electron chi connectivity index (χ4n) is 2.86. The van der Waals surface area contributed by atoms with Crippen LogP contribution in [0.5, 0.6) is 0 Å². The van der Waals surface area contributed by atoms with Gasteiger partial charge < -0.3 is 10.2 Å². The van der Waals surface area contributed by atoms with Crippen LogP contribution in [0.4, 0.5) is 0 Å². The van der Waals surface area contributed by atoms with E-state index in [-0.39, 0.29) is 17.9 Å². The third kappa shape index (κ3) is 3.74. The highest BCUT2D eigenvalue weighted by atomic mass is 16.2. The molecule has 1 heterocycles. The third-order valence-electron chi connectivity index (χ3n) is 4.53. The number of amides is 2. The Bertz CT molecular complexity index is 348. The van der Waals surface area contributed by atoms with E-state index in [4.69, 9.17) is 0 Å². The molecule has 1 atom stereocenters. The van der Waals surface area contributed by atoms with Gasteiger partial charge in [-0.1, -0.05) is 27.7 Å². The van der Waals surface area contributed by atoms with Crippen LogP contribution in [-0.2, 0) is 9.59 Å². The van der Waals surface area contributed by atoms with Crippen molar-refractivity contribution in [3.63, 3.8) is 0 Å². The number of rotatable bonds is 6. The molecule has 1 unspecified atom stereocenters. The summed E-state index contributed by atoms with van der Waals surface area (Å²) in [6.07, 6.45) is 3.83. The first-order valence-corrected chi connectivity index (χ1v) is 7.98. The molecule has 0 radical (unpaired) electrons. The zero-order chi connectivity index (χ0) is 15.3. The molecule has 0 spiro atoms. The topological polar surface area (TPSA) is 49.4 Å². The quantitative estimate of drug-likeness (QED) is 0.814. The Labute approximate surface area is 123 Å². The van der Waals surface area contributed by atoms with Crippen LogP contribution >= 0.6 is 0 Å². The van der Waals surface area contributed by atoms with Gasteiger partial charge in [-0.2, -0.15) is 0 Å². The molecule has 0 aliphatic carbocycles. The molecule has 0 bridgehead atoms. The minimum atomic E-state index is -0.695. The van der Waals surface area contributed by atoms with Gasteiger partial charge in [0.25, 0.3) is 0 Å². The lowest BCUT2D eigenvalue weighted by Crippen LogP contribution is -2.57. The minimum Gasteiger partial charge on any atom is -0.342 e. The van der Waals surface area contributed by atoms with Gasteiger partial charge in [0.05, 0.1) is 0 Å². The van der Waals surface area contributed by atoms with Gasteiger partial charge >= 0.3 is 0 Å². The molecule has 4 nitrogen and oxygen atoms in total. The highest BCUT2D eigenvalue weighted by molar-refractivity contribution is 5.93. The molecule has 2 amide bonds.